The highest BCUT2D eigenvalue weighted by atomic mass is 16.5. The average Bonchev–Trinajstić information content (AvgIpc) is 2.82. The largest absolute Gasteiger partial charge is 0.461 e. The van der Waals surface area contributed by atoms with Crippen LogP contribution in [0.4, 0.5) is 5.69 Å². The minimum absolute atomic E-state index is 0.0208. The van der Waals surface area contributed by atoms with Crippen LogP contribution in [-0.2, 0) is 32.3 Å². The summed E-state index contributed by atoms with van der Waals surface area (Å²) < 4.78 is 10.6. The molecule has 0 aliphatic heterocycles. The molecule has 0 fully saturated rings. The maximum atomic E-state index is 12.7. The molecule has 3 N–H and O–H groups in total. The lowest BCUT2D eigenvalue weighted by atomic mass is 10.1. The predicted molar refractivity (Wildman–Crippen MR) is 119 cm³/mol. The molecule has 0 bridgehead atoms. The number of nitrogens with two attached hydrogens (primary N) is 1. The Bertz CT molecular complexity index is 1040. The number of amides is 1. The maximum absolute atomic E-state index is 12.7. The Morgan fingerprint density at radius 1 is 0.750 bits per heavy atom. The van der Waals surface area contributed by atoms with Crippen molar-refractivity contribution in [1.82, 2.24) is 5.32 Å². The van der Waals surface area contributed by atoms with Crippen molar-refractivity contribution in [2.75, 3.05) is 5.73 Å². The highest BCUT2D eigenvalue weighted by Crippen LogP contribution is 2.09. The summed E-state index contributed by atoms with van der Waals surface area (Å²) in [4.78, 5) is 37.6. The summed E-state index contributed by atoms with van der Waals surface area (Å²) in [5.41, 5.74) is 8.06. The van der Waals surface area contributed by atoms with Gasteiger partial charge < -0.3 is 20.5 Å². The molecule has 7 heteroatoms. The van der Waals surface area contributed by atoms with Gasteiger partial charge in [-0.25, -0.2) is 4.79 Å². The number of ether oxygens (including phenoxy) is 2. The second kappa shape index (κ2) is 11.3. The van der Waals surface area contributed by atoms with Gasteiger partial charge in [0.2, 0.25) is 0 Å². The smallest absolute Gasteiger partial charge is 0.329 e. The van der Waals surface area contributed by atoms with E-state index in [-0.39, 0.29) is 19.6 Å². The first kappa shape index (κ1) is 22.6. The van der Waals surface area contributed by atoms with E-state index in [0.717, 1.165) is 11.1 Å². The number of esters is 2. The molecule has 0 aliphatic carbocycles. The normalized spacial score (nSPS) is 11.2. The number of rotatable bonds is 9. The van der Waals surface area contributed by atoms with Crippen molar-refractivity contribution < 1.29 is 23.9 Å². The van der Waals surface area contributed by atoms with Crippen LogP contribution in [0.1, 0.15) is 27.9 Å². The minimum atomic E-state index is -1.20. The lowest BCUT2D eigenvalue weighted by molar-refractivity contribution is -0.153. The van der Waals surface area contributed by atoms with E-state index in [1.165, 1.54) is 12.1 Å². The van der Waals surface area contributed by atoms with Gasteiger partial charge in [-0.15, -0.1) is 0 Å². The molecule has 0 heterocycles. The van der Waals surface area contributed by atoms with Gasteiger partial charge in [0.05, 0.1) is 6.42 Å². The Morgan fingerprint density at radius 3 is 1.84 bits per heavy atom. The number of anilines is 1. The molecule has 0 spiro atoms. The first-order valence-corrected chi connectivity index (χ1v) is 10.1. The van der Waals surface area contributed by atoms with Gasteiger partial charge in [-0.3, -0.25) is 9.59 Å². The molecule has 3 rings (SSSR count). The van der Waals surface area contributed by atoms with Gasteiger partial charge in [0.15, 0.2) is 0 Å². The van der Waals surface area contributed by atoms with Crippen molar-refractivity contribution >= 4 is 23.5 Å². The summed E-state index contributed by atoms with van der Waals surface area (Å²) in [5, 5.41) is 2.56. The van der Waals surface area contributed by atoms with Gasteiger partial charge in [-0.1, -0.05) is 60.7 Å². The number of benzene rings is 3. The Kier molecular flexibility index (Phi) is 7.97. The van der Waals surface area contributed by atoms with Gasteiger partial charge in [0.25, 0.3) is 5.91 Å². The van der Waals surface area contributed by atoms with Crippen LogP contribution >= 0.6 is 0 Å². The molecule has 0 aliphatic rings. The van der Waals surface area contributed by atoms with Crippen LogP contribution in [0.5, 0.6) is 0 Å². The first-order valence-electron chi connectivity index (χ1n) is 10.1. The summed E-state index contributed by atoms with van der Waals surface area (Å²) in [5.74, 6) is -1.88. The van der Waals surface area contributed by atoms with Gasteiger partial charge in [0, 0.05) is 11.3 Å². The average molecular weight is 432 g/mol. The lowest BCUT2D eigenvalue weighted by Crippen LogP contribution is -2.43. The number of hydrogen-bond acceptors (Lipinski definition) is 6. The third-order valence-electron chi connectivity index (χ3n) is 4.60. The summed E-state index contributed by atoms with van der Waals surface area (Å²) in [6.07, 6.45) is -0.360. The fraction of sp³-hybridized carbons (Fsp3) is 0.160. The van der Waals surface area contributed by atoms with E-state index >= 15 is 0 Å². The zero-order valence-corrected chi connectivity index (χ0v) is 17.4. The van der Waals surface area contributed by atoms with E-state index in [1.807, 2.05) is 60.7 Å². The van der Waals surface area contributed by atoms with Crippen LogP contribution in [0.3, 0.4) is 0 Å². The number of hydrogen-bond donors (Lipinski definition) is 2. The van der Waals surface area contributed by atoms with Crippen molar-refractivity contribution in [1.29, 1.82) is 0 Å². The van der Waals surface area contributed by atoms with Crippen molar-refractivity contribution in [2.24, 2.45) is 0 Å². The highest BCUT2D eigenvalue weighted by molar-refractivity contribution is 5.97. The predicted octanol–water partition coefficient (Wildman–Crippen LogP) is 3.24. The summed E-state index contributed by atoms with van der Waals surface area (Å²) in [6.45, 7) is 0.0876. The number of nitrogen functional groups attached to an aromatic ring is 1. The monoisotopic (exact) mass is 432 g/mol. The van der Waals surface area contributed by atoms with Crippen LogP contribution in [0, 0.1) is 0 Å². The molecule has 0 saturated carbocycles. The molecule has 0 saturated heterocycles. The Balaban J connectivity index is 1.64. The fourth-order valence-electron chi connectivity index (χ4n) is 2.86. The van der Waals surface area contributed by atoms with Crippen molar-refractivity contribution in [2.45, 2.75) is 25.7 Å². The molecule has 7 nitrogen and oxygen atoms in total. The van der Waals surface area contributed by atoms with Gasteiger partial charge >= 0.3 is 11.9 Å². The van der Waals surface area contributed by atoms with E-state index in [1.54, 1.807) is 12.1 Å². The number of carbonyl (C=O) groups excluding carboxylic acids is 3. The second-order valence-corrected chi connectivity index (χ2v) is 7.09. The zero-order valence-electron chi connectivity index (χ0n) is 17.4. The molecular formula is C25H24N2O5. The van der Waals surface area contributed by atoms with Crippen molar-refractivity contribution in [3.05, 3.63) is 102 Å². The zero-order chi connectivity index (χ0) is 22.8. The molecule has 3 aromatic carbocycles. The molecule has 3 aromatic rings. The fourth-order valence-corrected chi connectivity index (χ4v) is 2.86. The van der Waals surface area contributed by atoms with Crippen molar-refractivity contribution in [3.63, 3.8) is 0 Å². The van der Waals surface area contributed by atoms with Crippen LogP contribution in [0.25, 0.3) is 0 Å². The van der Waals surface area contributed by atoms with Gasteiger partial charge in [-0.05, 0) is 35.4 Å². The molecule has 1 atom stereocenters. The van der Waals surface area contributed by atoms with E-state index < -0.39 is 23.9 Å². The molecule has 0 aromatic heterocycles. The van der Waals surface area contributed by atoms with Crippen molar-refractivity contribution in [3.8, 4) is 0 Å². The Labute approximate surface area is 186 Å². The molecule has 164 valence electrons. The van der Waals surface area contributed by atoms with E-state index in [9.17, 15) is 14.4 Å². The number of carbonyl (C=O) groups is 3. The minimum Gasteiger partial charge on any atom is -0.461 e. The lowest BCUT2D eigenvalue weighted by Gasteiger charge is -2.17. The third-order valence-corrected chi connectivity index (χ3v) is 4.60. The molecule has 1 unspecified atom stereocenters. The van der Waals surface area contributed by atoms with Gasteiger partial charge in [0.1, 0.15) is 19.3 Å². The summed E-state index contributed by atoms with van der Waals surface area (Å²) >= 11 is 0. The third kappa shape index (κ3) is 6.98. The van der Waals surface area contributed by atoms with Crippen LogP contribution in [-0.4, -0.2) is 23.9 Å². The number of nitrogens with one attached hydrogen (secondary N) is 1. The topological polar surface area (TPSA) is 108 Å². The van der Waals surface area contributed by atoms with Crippen LogP contribution in [0.2, 0.25) is 0 Å². The second-order valence-electron chi connectivity index (χ2n) is 7.09. The first-order chi connectivity index (χ1) is 15.5. The van der Waals surface area contributed by atoms with E-state index in [2.05, 4.69) is 5.32 Å². The quantitative estimate of drug-likeness (QED) is 0.397. The van der Waals surface area contributed by atoms with Gasteiger partial charge in [-0.2, -0.15) is 0 Å². The molecular weight excluding hydrogens is 408 g/mol. The molecule has 1 amide bonds. The molecule has 32 heavy (non-hydrogen) atoms. The van der Waals surface area contributed by atoms with Crippen LogP contribution < -0.4 is 11.1 Å². The van der Waals surface area contributed by atoms with E-state index in [0.29, 0.717) is 11.3 Å². The highest BCUT2D eigenvalue weighted by Gasteiger charge is 2.27. The SMILES string of the molecule is Nc1ccc(C(=O)NC(CC(=O)OCc2ccccc2)C(=O)OCc2ccccc2)cc1. The standard InChI is InChI=1S/C25H24N2O5/c26-21-13-11-20(12-14-21)24(29)27-22(25(30)32-17-19-9-5-2-6-10-19)15-23(28)31-16-18-7-3-1-4-8-18/h1-14,22H,15-17,26H2,(H,27,29). The summed E-state index contributed by atoms with van der Waals surface area (Å²) in [7, 11) is 0. The summed E-state index contributed by atoms with van der Waals surface area (Å²) in [6, 6.07) is 23.3. The Hall–Kier alpha value is -4.13. The Morgan fingerprint density at radius 2 is 1.28 bits per heavy atom. The van der Waals surface area contributed by atoms with E-state index in [4.69, 9.17) is 15.2 Å². The van der Waals surface area contributed by atoms with Crippen LogP contribution in [0.15, 0.2) is 84.9 Å². The maximum Gasteiger partial charge on any atom is 0.329 e. The molecule has 0 radical (unpaired) electrons.